The summed E-state index contributed by atoms with van der Waals surface area (Å²) in [7, 11) is 0. The topological polar surface area (TPSA) is 66.9 Å². The highest BCUT2D eigenvalue weighted by Crippen LogP contribution is 2.16. The van der Waals surface area contributed by atoms with E-state index in [1.54, 1.807) is 0 Å². The van der Waals surface area contributed by atoms with Crippen LogP contribution in [0.3, 0.4) is 0 Å². The number of nitrogens with one attached hydrogen (secondary N) is 2. The summed E-state index contributed by atoms with van der Waals surface area (Å²) in [6.45, 7) is 9.16. The Morgan fingerprint density at radius 3 is 2.53 bits per heavy atom. The smallest absolute Gasteiger partial charge is 0.222 e. The number of aromatic nitrogens is 2. The molecule has 0 aliphatic carbocycles. The number of carbonyl (C=O) groups is 1. The Labute approximate surface area is 106 Å². The maximum absolute atomic E-state index is 11.3. The third-order valence-electron chi connectivity index (χ3n) is 2.18. The molecular weight excluding hydrogens is 236 g/mol. The van der Waals surface area contributed by atoms with Crippen LogP contribution in [0.5, 0.6) is 0 Å². The van der Waals surface area contributed by atoms with Crippen molar-refractivity contribution in [2.45, 2.75) is 33.6 Å². The van der Waals surface area contributed by atoms with Crippen molar-refractivity contribution in [2.75, 3.05) is 18.4 Å². The molecule has 6 heteroatoms. The lowest BCUT2D eigenvalue weighted by Gasteiger charge is -2.07. The molecule has 0 aliphatic heterocycles. The number of hydrogen-bond acceptors (Lipinski definition) is 5. The van der Waals surface area contributed by atoms with Gasteiger partial charge < -0.3 is 10.6 Å². The van der Waals surface area contributed by atoms with Crippen LogP contribution in [0.2, 0.25) is 0 Å². The highest BCUT2D eigenvalue weighted by Gasteiger charge is 2.07. The van der Waals surface area contributed by atoms with Gasteiger partial charge >= 0.3 is 0 Å². The zero-order chi connectivity index (χ0) is 12.8. The molecule has 5 nitrogen and oxygen atoms in total. The highest BCUT2D eigenvalue weighted by molar-refractivity contribution is 7.09. The standard InChI is InChI=1S/C11H20N4OS/c1-7(2)9-14-11(17-15-9)13-6-5-12-10(16)8(3)4/h7-8H,5-6H2,1-4H3,(H,12,16)(H,13,14,15). The van der Waals surface area contributed by atoms with Gasteiger partial charge in [-0.3, -0.25) is 4.79 Å². The Morgan fingerprint density at radius 1 is 1.29 bits per heavy atom. The fourth-order valence-corrected chi connectivity index (χ4v) is 1.83. The van der Waals surface area contributed by atoms with Crippen molar-refractivity contribution in [1.82, 2.24) is 14.7 Å². The van der Waals surface area contributed by atoms with Crippen LogP contribution in [0.4, 0.5) is 5.13 Å². The van der Waals surface area contributed by atoms with Crippen molar-refractivity contribution in [3.63, 3.8) is 0 Å². The Bertz CT molecular complexity index is 362. The number of amides is 1. The van der Waals surface area contributed by atoms with Gasteiger partial charge in [-0.1, -0.05) is 27.7 Å². The Hall–Kier alpha value is -1.17. The van der Waals surface area contributed by atoms with Gasteiger partial charge in [0, 0.05) is 36.5 Å². The zero-order valence-corrected chi connectivity index (χ0v) is 11.6. The molecule has 0 aromatic carbocycles. The van der Waals surface area contributed by atoms with E-state index in [2.05, 4.69) is 33.8 Å². The molecule has 0 fully saturated rings. The molecule has 0 aliphatic rings. The van der Waals surface area contributed by atoms with Gasteiger partial charge in [0.15, 0.2) is 0 Å². The lowest BCUT2D eigenvalue weighted by molar-refractivity contribution is -0.123. The number of nitrogens with zero attached hydrogens (tertiary/aromatic N) is 2. The minimum absolute atomic E-state index is 0.0315. The van der Waals surface area contributed by atoms with Crippen LogP contribution in [0.1, 0.15) is 39.4 Å². The summed E-state index contributed by atoms with van der Waals surface area (Å²) in [6.07, 6.45) is 0. The molecular formula is C11H20N4OS. The van der Waals surface area contributed by atoms with Gasteiger partial charge in [0.1, 0.15) is 5.82 Å². The largest absolute Gasteiger partial charge is 0.359 e. The van der Waals surface area contributed by atoms with Crippen LogP contribution >= 0.6 is 11.5 Å². The van der Waals surface area contributed by atoms with Crippen LogP contribution in [0.25, 0.3) is 0 Å². The van der Waals surface area contributed by atoms with Crippen molar-refractivity contribution in [3.8, 4) is 0 Å². The van der Waals surface area contributed by atoms with E-state index in [0.717, 1.165) is 11.0 Å². The van der Waals surface area contributed by atoms with Gasteiger partial charge in [0.25, 0.3) is 0 Å². The van der Waals surface area contributed by atoms with E-state index in [0.29, 0.717) is 19.0 Å². The molecule has 1 rings (SSSR count). The third kappa shape index (κ3) is 4.68. The van der Waals surface area contributed by atoms with Crippen LogP contribution in [-0.4, -0.2) is 28.4 Å². The summed E-state index contributed by atoms with van der Waals surface area (Å²) in [5.41, 5.74) is 0. The molecule has 1 amide bonds. The summed E-state index contributed by atoms with van der Waals surface area (Å²) < 4.78 is 4.24. The van der Waals surface area contributed by atoms with E-state index in [1.165, 1.54) is 11.5 Å². The number of anilines is 1. The molecule has 17 heavy (non-hydrogen) atoms. The minimum atomic E-state index is 0.0315. The molecule has 2 N–H and O–H groups in total. The van der Waals surface area contributed by atoms with Crippen molar-refractivity contribution in [1.29, 1.82) is 0 Å². The molecule has 0 saturated carbocycles. The predicted octanol–water partition coefficient (Wildman–Crippen LogP) is 1.85. The van der Waals surface area contributed by atoms with E-state index in [1.807, 2.05) is 13.8 Å². The lowest BCUT2D eigenvalue weighted by atomic mass is 10.2. The number of carbonyl (C=O) groups excluding carboxylic acids is 1. The second-order valence-electron chi connectivity index (χ2n) is 4.48. The fraction of sp³-hybridized carbons (Fsp3) is 0.727. The third-order valence-corrected chi connectivity index (χ3v) is 2.87. The van der Waals surface area contributed by atoms with Crippen LogP contribution < -0.4 is 10.6 Å². The number of rotatable bonds is 6. The quantitative estimate of drug-likeness (QED) is 0.762. The minimum Gasteiger partial charge on any atom is -0.359 e. The monoisotopic (exact) mass is 256 g/mol. The Morgan fingerprint density at radius 2 is 2.00 bits per heavy atom. The Kier molecular flexibility index (Phi) is 5.34. The average molecular weight is 256 g/mol. The van der Waals surface area contributed by atoms with E-state index in [-0.39, 0.29) is 11.8 Å². The molecule has 1 aromatic heterocycles. The molecule has 0 unspecified atom stereocenters. The first-order chi connectivity index (χ1) is 8.00. The van der Waals surface area contributed by atoms with Gasteiger partial charge in [-0.25, -0.2) is 4.98 Å². The van der Waals surface area contributed by atoms with Crippen LogP contribution in [-0.2, 0) is 4.79 Å². The van der Waals surface area contributed by atoms with Gasteiger partial charge in [-0.2, -0.15) is 4.37 Å². The first-order valence-corrected chi connectivity index (χ1v) is 6.63. The molecule has 1 aromatic rings. The average Bonchev–Trinajstić information content (AvgIpc) is 2.72. The van der Waals surface area contributed by atoms with Crippen LogP contribution in [0, 0.1) is 5.92 Å². The molecule has 0 bridgehead atoms. The predicted molar refractivity (Wildman–Crippen MR) is 70.3 cm³/mol. The molecule has 1 heterocycles. The highest BCUT2D eigenvalue weighted by atomic mass is 32.1. The molecule has 0 spiro atoms. The summed E-state index contributed by atoms with van der Waals surface area (Å²) in [4.78, 5) is 15.6. The zero-order valence-electron chi connectivity index (χ0n) is 10.8. The van der Waals surface area contributed by atoms with Crippen molar-refractivity contribution in [2.24, 2.45) is 5.92 Å². The van der Waals surface area contributed by atoms with E-state index in [4.69, 9.17) is 0 Å². The van der Waals surface area contributed by atoms with Crippen LogP contribution in [0.15, 0.2) is 0 Å². The summed E-state index contributed by atoms with van der Waals surface area (Å²) in [6, 6.07) is 0. The summed E-state index contributed by atoms with van der Waals surface area (Å²) >= 11 is 1.36. The molecule has 0 saturated heterocycles. The molecule has 0 atom stereocenters. The van der Waals surface area contributed by atoms with Crippen molar-refractivity contribution < 1.29 is 4.79 Å². The fourth-order valence-electron chi connectivity index (χ4n) is 1.10. The maximum Gasteiger partial charge on any atom is 0.222 e. The van der Waals surface area contributed by atoms with Gasteiger partial charge in [-0.05, 0) is 0 Å². The van der Waals surface area contributed by atoms with E-state index in [9.17, 15) is 4.79 Å². The first kappa shape index (κ1) is 13.9. The second-order valence-corrected chi connectivity index (χ2v) is 5.24. The first-order valence-electron chi connectivity index (χ1n) is 5.86. The SMILES string of the molecule is CC(C)C(=O)NCCNc1nc(C(C)C)ns1. The normalized spacial score (nSPS) is 10.9. The van der Waals surface area contributed by atoms with E-state index >= 15 is 0 Å². The number of hydrogen-bond donors (Lipinski definition) is 2. The molecule has 0 radical (unpaired) electrons. The maximum atomic E-state index is 11.3. The Balaban J connectivity index is 2.24. The van der Waals surface area contributed by atoms with Gasteiger partial charge in [0.05, 0.1) is 0 Å². The van der Waals surface area contributed by atoms with Gasteiger partial charge in [-0.15, -0.1) is 0 Å². The van der Waals surface area contributed by atoms with Crippen molar-refractivity contribution >= 4 is 22.6 Å². The van der Waals surface area contributed by atoms with E-state index < -0.39 is 0 Å². The van der Waals surface area contributed by atoms with Crippen molar-refractivity contribution in [3.05, 3.63) is 5.82 Å². The summed E-state index contributed by atoms with van der Waals surface area (Å²) in [5, 5.41) is 6.79. The lowest BCUT2D eigenvalue weighted by Crippen LogP contribution is -2.31. The summed E-state index contributed by atoms with van der Waals surface area (Å²) in [5.74, 6) is 1.32. The van der Waals surface area contributed by atoms with Gasteiger partial charge in [0.2, 0.25) is 11.0 Å². The second kappa shape index (κ2) is 6.54. The molecule has 96 valence electrons.